The summed E-state index contributed by atoms with van der Waals surface area (Å²) < 4.78 is 18.4. The SMILES string of the molecule is COc1cccc(F)c1C(=O)NOCC(C)C. The lowest BCUT2D eigenvalue weighted by Crippen LogP contribution is -2.26. The number of methoxy groups -OCH3 is 1. The van der Waals surface area contributed by atoms with Crippen LogP contribution in [0, 0.1) is 11.7 Å². The third-order valence-corrected chi connectivity index (χ3v) is 2.00. The van der Waals surface area contributed by atoms with Crippen LogP contribution in [0.1, 0.15) is 24.2 Å². The molecule has 0 radical (unpaired) electrons. The molecule has 0 saturated carbocycles. The standard InChI is InChI=1S/C12H16FNO3/c1-8(2)7-17-14-12(15)11-9(13)5-4-6-10(11)16-3/h4-6,8H,7H2,1-3H3,(H,14,15). The van der Waals surface area contributed by atoms with E-state index in [0.717, 1.165) is 0 Å². The van der Waals surface area contributed by atoms with Crippen LogP contribution in [0.25, 0.3) is 0 Å². The van der Waals surface area contributed by atoms with Crippen LogP contribution < -0.4 is 10.2 Å². The fraction of sp³-hybridized carbons (Fsp3) is 0.417. The molecule has 0 saturated heterocycles. The molecular formula is C12H16FNO3. The predicted octanol–water partition coefficient (Wildman–Crippen LogP) is 2.15. The number of rotatable bonds is 5. The van der Waals surface area contributed by atoms with Gasteiger partial charge in [-0.2, -0.15) is 0 Å². The van der Waals surface area contributed by atoms with Crippen molar-refractivity contribution in [2.45, 2.75) is 13.8 Å². The number of hydrogen-bond donors (Lipinski definition) is 1. The number of ether oxygens (including phenoxy) is 1. The van der Waals surface area contributed by atoms with Gasteiger partial charge >= 0.3 is 0 Å². The van der Waals surface area contributed by atoms with Crippen LogP contribution in [-0.4, -0.2) is 19.6 Å². The van der Waals surface area contributed by atoms with Crippen LogP contribution in [0.4, 0.5) is 4.39 Å². The van der Waals surface area contributed by atoms with E-state index in [0.29, 0.717) is 6.61 Å². The highest BCUT2D eigenvalue weighted by molar-refractivity contribution is 5.96. The summed E-state index contributed by atoms with van der Waals surface area (Å²) >= 11 is 0. The third-order valence-electron chi connectivity index (χ3n) is 2.00. The van der Waals surface area contributed by atoms with Crippen molar-refractivity contribution in [2.24, 2.45) is 5.92 Å². The molecule has 1 N–H and O–H groups in total. The molecule has 0 fully saturated rings. The highest BCUT2D eigenvalue weighted by Gasteiger charge is 2.17. The van der Waals surface area contributed by atoms with Crippen LogP contribution in [-0.2, 0) is 4.84 Å². The minimum atomic E-state index is -0.652. The van der Waals surface area contributed by atoms with Gasteiger partial charge in [0.2, 0.25) is 0 Å². The Morgan fingerprint density at radius 2 is 2.18 bits per heavy atom. The average Bonchev–Trinajstić information content (AvgIpc) is 2.27. The normalized spacial score (nSPS) is 10.4. The molecule has 0 atom stereocenters. The summed E-state index contributed by atoms with van der Waals surface area (Å²) in [7, 11) is 1.38. The number of nitrogens with one attached hydrogen (secondary N) is 1. The first-order valence-electron chi connectivity index (χ1n) is 5.31. The van der Waals surface area contributed by atoms with Gasteiger partial charge in [-0.3, -0.25) is 9.63 Å². The summed E-state index contributed by atoms with van der Waals surface area (Å²) in [5, 5.41) is 0. The van der Waals surface area contributed by atoms with Gasteiger partial charge in [0.1, 0.15) is 17.1 Å². The monoisotopic (exact) mass is 241 g/mol. The highest BCUT2D eigenvalue weighted by Crippen LogP contribution is 2.20. The van der Waals surface area contributed by atoms with Crippen molar-refractivity contribution in [1.29, 1.82) is 0 Å². The largest absolute Gasteiger partial charge is 0.496 e. The Balaban J connectivity index is 2.74. The lowest BCUT2D eigenvalue weighted by molar-refractivity contribution is 0.0203. The fourth-order valence-corrected chi connectivity index (χ4v) is 1.22. The van der Waals surface area contributed by atoms with Gasteiger partial charge < -0.3 is 4.74 Å². The van der Waals surface area contributed by atoms with Gasteiger partial charge in [-0.25, -0.2) is 9.87 Å². The van der Waals surface area contributed by atoms with E-state index in [9.17, 15) is 9.18 Å². The zero-order valence-electron chi connectivity index (χ0n) is 10.1. The molecule has 1 rings (SSSR count). The van der Waals surface area contributed by atoms with E-state index in [1.807, 2.05) is 13.8 Å². The van der Waals surface area contributed by atoms with Gasteiger partial charge in [0.15, 0.2) is 0 Å². The Morgan fingerprint density at radius 3 is 2.76 bits per heavy atom. The van der Waals surface area contributed by atoms with Crippen LogP contribution >= 0.6 is 0 Å². The summed E-state index contributed by atoms with van der Waals surface area (Å²) in [5.74, 6) is -0.843. The number of carbonyl (C=O) groups excluding carboxylic acids is 1. The first-order chi connectivity index (χ1) is 8.06. The molecule has 1 amide bonds. The second-order valence-corrected chi connectivity index (χ2v) is 3.95. The van der Waals surface area contributed by atoms with Gasteiger partial charge in [-0.05, 0) is 18.1 Å². The first kappa shape index (κ1) is 13.4. The molecule has 0 bridgehead atoms. The van der Waals surface area contributed by atoms with Gasteiger partial charge in [-0.15, -0.1) is 0 Å². The summed E-state index contributed by atoms with van der Waals surface area (Å²) in [6.45, 7) is 4.24. The maximum atomic E-state index is 13.5. The van der Waals surface area contributed by atoms with Crippen molar-refractivity contribution in [3.8, 4) is 5.75 Å². The Labute approximate surface area is 99.7 Å². The summed E-state index contributed by atoms with van der Waals surface area (Å²) in [4.78, 5) is 16.6. The molecule has 5 heteroatoms. The summed E-state index contributed by atoms with van der Waals surface area (Å²) in [6.07, 6.45) is 0. The van der Waals surface area contributed by atoms with E-state index in [-0.39, 0.29) is 17.2 Å². The Hall–Kier alpha value is -1.62. The zero-order chi connectivity index (χ0) is 12.8. The minimum absolute atomic E-state index is 0.154. The Kier molecular flexibility index (Phi) is 4.90. The quantitative estimate of drug-likeness (QED) is 0.803. The van der Waals surface area contributed by atoms with Crippen molar-refractivity contribution in [1.82, 2.24) is 5.48 Å². The van der Waals surface area contributed by atoms with Gasteiger partial charge in [-0.1, -0.05) is 19.9 Å². The average molecular weight is 241 g/mol. The molecule has 1 aromatic rings. The van der Waals surface area contributed by atoms with Gasteiger partial charge in [0.05, 0.1) is 13.7 Å². The summed E-state index contributed by atoms with van der Waals surface area (Å²) in [5.41, 5.74) is 2.03. The third kappa shape index (κ3) is 3.71. The van der Waals surface area contributed by atoms with E-state index in [1.165, 1.54) is 25.3 Å². The lowest BCUT2D eigenvalue weighted by Gasteiger charge is -2.11. The van der Waals surface area contributed by atoms with Gasteiger partial charge in [0.25, 0.3) is 5.91 Å². The smallest absolute Gasteiger partial charge is 0.281 e. The second kappa shape index (κ2) is 6.20. The number of halogens is 1. The molecule has 4 nitrogen and oxygen atoms in total. The number of amides is 1. The van der Waals surface area contributed by atoms with Crippen molar-refractivity contribution in [3.05, 3.63) is 29.6 Å². The summed E-state index contributed by atoms with van der Waals surface area (Å²) in [6, 6.07) is 4.18. The predicted molar refractivity (Wildman–Crippen MR) is 61.2 cm³/mol. The lowest BCUT2D eigenvalue weighted by atomic mass is 10.2. The molecule has 1 aromatic carbocycles. The van der Waals surface area contributed by atoms with E-state index in [1.54, 1.807) is 0 Å². The molecule has 0 aliphatic heterocycles. The maximum Gasteiger partial charge on any atom is 0.281 e. The molecule has 0 heterocycles. The Morgan fingerprint density at radius 1 is 1.47 bits per heavy atom. The van der Waals surface area contributed by atoms with Crippen molar-refractivity contribution >= 4 is 5.91 Å². The maximum absolute atomic E-state index is 13.5. The van der Waals surface area contributed by atoms with Crippen LogP contribution in [0.2, 0.25) is 0 Å². The Bertz CT molecular complexity index is 393. The topological polar surface area (TPSA) is 47.6 Å². The molecule has 0 spiro atoms. The van der Waals surface area contributed by atoms with Crippen molar-refractivity contribution in [3.63, 3.8) is 0 Å². The fourth-order valence-electron chi connectivity index (χ4n) is 1.22. The van der Waals surface area contributed by atoms with E-state index in [2.05, 4.69) is 5.48 Å². The molecule has 0 unspecified atom stereocenters. The van der Waals surface area contributed by atoms with Crippen LogP contribution in [0.5, 0.6) is 5.75 Å². The molecular weight excluding hydrogens is 225 g/mol. The molecule has 0 aromatic heterocycles. The zero-order valence-corrected chi connectivity index (χ0v) is 10.1. The molecule has 17 heavy (non-hydrogen) atoms. The highest BCUT2D eigenvalue weighted by atomic mass is 19.1. The second-order valence-electron chi connectivity index (χ2n) is 3.95. The first-order valence-corrected chi connectivity index (χ1v) is 5.31. The van der Waals surface area contributed by atoms with Crippen LogP contribution in [0.15, 0.2) is 18.2 Å². The van der Waals surface area contributed by atoms with E-state index < -0.39 is 11.7 Å². The number of benzene rings is 1. The van der Waals surface area contributed by atoms with E-state index >= 15 is 0 Å². The molecule has 0 aliphatic carbocycles. The van der Waals surface area contributed by atoms with Gasteiger partial charge in [0, 0.05) is 0 Å². The minimum Gasteiger partial charge on any atom is -0.496 e. The number of hydrogen-bond acceptors (Lipinski definition) is 3. The number of hydroxylamine groups is 1. The van der Waals surface area contributed by atoms with Crippen LogP contribution in [0.3, 0.4) is 0 Å². The van der Waals surface area contributed by atoms with Crippen molar-refractivity contribution < 1.29 is 18.8 Å². The van der Waals surface area contributed by atoms with E-state index in [4.69, 9.17) is 9.57 Å². The van der Waals surface area contributed by atoms with Crippen molar-refractivity contribution in [2.75, 3.05) is 13.7 Å². The molecule has 0 aliphatic rings. The molecule has 94 valence electrons. The number of carbonyl (C=O) groups is 1.